The fourth-order valence-corrected chi connectivity index (χ4v) is 2.68. The van der Waals surface area contributed by atoms with Gasteiger partial charge in [-0.15, -0.1) is 0 Å². The van der Waals surface area contributed by atoms with Gasteiger partial charge >= 0.3 is 0 Å². The number of benzene rings is 1. The van der Waals surface area contributed by atoms with E-state index in [1.54, 1.807) is 0 Å². The first kappa shape index (κ1) is 13.4. The zero-order valence-electron chi connectivity index (χ0n) is 11.8. The molecule has 2 heteroatoms. The highest BCUT2D eigenvalue weighted by Crippen LogP contribution is 2.48. The highest BCUT2D eigenvalue weighted by molar-refractivity contribution is 5.43. The zero-order valence-corrected chi connectivity index (χ0v) is 11.8. The SMILES string of the molecule is CCCCN(CC)CC1(c2ccc(N)cc2)CC1. The van der Waals surface area contributed by atoms with Crippen molar-refractivity contribution in [3.63, 3.8) is 0 Å². The Hall–Kier alpha value is -1.02. The number of likely N-dealkylation sites (N-methyl/N-ethyl adjacent to an activating group) is 1. The molecule has 100 valence electrons. The van der Waals surface area contributed by atoms with E-state index in [1.807, 2.05) is 12.1 Å². The smallest absolute Gasteiger partial charge is 0.0314 e. The minimum absolute atomic E-state index is 0.428. The summed E-state index contributed by atoms with van der Waals surface area (Å²) in [5, 5.41) is 0. The van der Waals surface area contributed by atoms with E-state index < -0.39 is 0 Å². The van der Waals surface area contributed by atoms with E-state index in [0.29, 0.717) is 5.41 Å². The van der Waals surface area contributed by atoms with Crippen molar-refractivity contribution in [1.82, 2.24) is 4.90 Å². The van der Waals surface area contributed by atoms with Crippen LogP contribution in [0.15, 0.2) is 24.3 Å². The van der Waals surface area contributed by atoms with Gasteiger partial charge in [0, 0.05) is 17.6 Å². The van der Waals surface area contributed by atoms with Crippen LogP contribution in [-0.2, 0) is 5.41 Å². The fraction of sp³-hybridized carbons (Fsp3) is 0.625. The molecule has 0 aliphatic heterocycles. The van der Waals surface area contributed by atoms with Crippen LogP contribution in [0.1, 0.15) is 45.1 Å². The zero-order chi connectivity index (χ0) is 13.0. The third kappa shape index (κ3) is 3.05. The Labute approximate surface area is 111 Å². The second-order valence-corrected chi connectivity index (χ2v) is 5.62. The Kier molecular flexibility index (Phi) is 4.28. The number of hydrogen-bond donors (Lipinski definition) is 1. The van der Waals surface area contributed by atoms with Gasteiger partial charge in [-0.2, -0.15) is 0 Å². The number of unbranched alkanes of at least 4 members (excludes halogenated alkanes) is 1. The van der Waals surface area contributed by atoms with E-state index >= 15 is 0 Å². The molecule has 0 aromatic heterocycles. The number of nitrogens with two attached hydrogens (primary N) is 1. The van der Waals surface area contributed by atoms with Gasteiger partial charge in [0.05, 0.1) is 0 Å². The van der Waals surface area contributed by atoms with Gasteiger partial charge in [0.1, 0.15) is 0 Å². The number of nitrogens with zero attached hydrogens (tertiary/aromatic N) is 1. The van der Waals surface area contributed by atoms with Crippen LogP contribution in [-0.4, -0.2) is 24.5 Å². The summed E-state index contributed by atoms with van der Waals surface area (Å²) in [6.07, 6.45) is 5.26. The molecule has 0 atom stereocenters. The monoisotopic (exact) mass is 246 g/mol. The molecular formula is C16H26N2. The number of rotatable bonds is 7. The Morgan fingerprint density at radius 2 is 1.83 bits per heavy atom. The van der Waals surface area contributed by atoms with Crippen molar-refractivity contribution in [3.8, 4) is 0 Å². The topological polar surface area (TPSA) is 29.3 Å². The fourth-order valence-electron chi connectivity index (χ4n) is 2.68. The molecule has 0 radical (unpaired) electrons. The molecule has 0 heterocycles. The van der Waals surface area contributed by atoms with Gasteiger partial charge in [-0.25, -0.2) is 0 Å². The summed E-state index contributed by atoms with van der Waals surface area (Å²) in [5.41, 5.74) is 8.55. The Morgan fingerprint density at radius 1 is 1.17 bits per heavy atom. The van der Waals surface area contributed by atoms with E-state index in [0.717, 1.165) is 12.2 Å². The van der Waals surface area contributed by atoms with E-state index in [-0.39, 0.29) is 0 Å². The third-order valence-corrected chi connectivity index (χ3v) is 4.18. The lowest BCUT2D eigenvalue weighted by atomic mass is 9.95. The predicted octanol–water partition coefficient (Wildman–Crippen LogP) is 3.42. The molecule has 1 aromatic carbocycles. The first-order chi connectivity index (χ1) is 8.70. The minimum Gasteiger partial charge on any atom is -0.399 e. The van der Waals surface area contributed by atoms with Gasteiger partial charge < -0.3 is 10.6 Å². The van der Waals surface area contributed by atoms with Crippen molar-refractivity contribution < 1.29 is 0 Å². The lowest BCUT2D eigenvalue weighted by Gasteiger charge is -2.26. The lowest BCUT2D eigenvalue weighted by molar-refractivity contribution is 0.257. The molecule has 1 fully saturated rings. The molecule has 0 spiro atoms. The molecule has 2 nitrogen and oxygen atoms in total. The largest absolute Gasteiger partial charge is 0.399 e. The highest BCUT2D eigenvalue weighted by atomic mass is 15.1. The summed E-state index contributed by atoms with van der Waals surface area (Å²) in [7, 11) is 0. The van der Waals surface area contributed by atoms with Crippen molar-refractivity contribution >= 4 is 5.69 Å². The van der Waals surface area contributed by atoms with Gasteiger partial charge in [-0.1, -0.05) is 32.4 Å². The van der Waals surface area contributed by atoms with Crippen molar-refractivity contribution in [2.75, 3.05) is 25.4 Å². The van der Waals surface area contributed by atoms with Crippen LogP contribution in [0.5, 0.6) is 0 Å². The van der Waals surface area contributed by atoms with Crippen LogP contribution in [0.2, 0.25) is 0 Å². The summed E-state index contributed by atoms with van der Waals surface area (Å²) >= 11 is 0. The molecule has 2 rings (SSSR count). The molecular weight excluding hydrogens is 220 g/mol. The molecule has 1 saturated carbocycles. The van der Waals surface area contributed by atoms with Crippen LogP contribution < -0.4 is 5.73 Å². The van der Waals surface area contributed by atoms with Crippen LogP contribution >= 0.6 is 0 Å². The molecule has 1 aliphatic carbocycles. The van der Waals surface area contributed by atoms with E-state index in [4.69, 9.17) is 5.73 Å². The van der Waals surface area contributed by atoms with E-state index in [2.05, 4.69) is 30.9 Å². The highest BCUT2D eigenvalue weighted by Gasteiger charge is 2.44. The maximum absolute atomic E-state index is 5.77. The minimum atomic E-state index is 0.428. The molecule has 18 heavy (non-hydrogen) atoms. The lowest BCUT2D eigenvalue weighted by Crippen LogP contribution is -2.33. The molecule has 1 aliphatic rings. The van der Waals surface area contributed by atoms with Gasteiger partial charge in [0.25, 0.3) is 0 Å². The molecule has 0 amide bonds. The van der Waals surface area contributed by atoms with Crippen LogP contribution in [0.4, 0.5) is 5.69 Å². The normalized spacial score (nSPS) is 17.1. The summed E-state index contributed by atoms with van der Waals surface area (Å²) in [4.78, 5) is 2.60. The van der Waals surface area contributed by atoms with E-state index in [1.165, 1.54) is 44.3 Å². The summed E-state index contributed by atoms with van der Waals surface area (Å²) in [6.45, 7) is 8.16. The van der Waals surface area contributed by atoms with Gasteiger partial charge in [0.2, 0.25) is 0 Å². The Balaban J connectivity index is 2.00. The Bertz CT molecular complexity index is 365. The number of hydrogen-bond acceptors (Lipinski definition) is 2. The summed E-state index contributed by atoms with van der Waals surface area (Å²) in [6, 6.07) is 8.52. The second kappa shape index (κ2) is 5.75. The average molecular weight is 246 g/mol. The maximum atomic E-state index is 5.77. The van der Waals surface area contributed by atoms with Crippen molar-refractivity contribution in [3.05, 3.63) is 29.8 Å². The molecule has 1 aromatic rings. The first-order valence-electron chi connectivity index (χ1n) is 7.28. The molecule has 2 N–H and O–H groups in total. The third-order valence-electron chi connectivity index (χ3n) is 4.18. The first-order valence-corrected chi connectivity index (χ1v) is 7.28. The van der Waals surface area contributed by atoms with Gasteiger partial charge in [-0.05, 0) is 50.0 Å². The van der Waals surface area contributed by atoms with Gasteiger partial charge in [-0.3, -0.25) is 0 Å². The Morgan fingerprint density at radius 3 is 2.33 bits per heavy atom. The number of nitrogen functional groups attached to an aromatic ring is 1. The van der Waals surface area contributed by atoms with Gasteiger partial charge in [0.15, 0.2) is 0 Å². The van der Waals surface area contributed by atoms with Crippen molar-refractivity contribution in [2.24, 2.45) is 0 Å². The van der Waals surface area contributed by atoms with Crippen molar-refractivity contribution in [2.45, 2.75) is 44.9 Å². The summed E-state index contributed by atoms with van der Waals surface area (Å²) < 4.78 is 0. The summed E-state index contributed by atoms with van der Waals surface area (Å²) in [5.74, 6) is 0. The molecule has 0 bridgehead atoms. The predicted molar refractivity (Wildman–Crippen MR) is 78.8 cm³/mol. The quantitative estimate of drug-likeness (QED) is 0.747. The average Bonchev–Trinajstić information content (AvgIpc) is 3.16. The van der Waals surface area contributed by atoms with Crippen LogP contribution in [0.25, 0.3) is 0 Å². The standard InChI is InChI=1S/C16H26N2/c1-3-5-12-18(4-2)13-16(10-11-16)14-6-8-15(17)9-7-14/h6-9H,3-5,10-13,17H2,1-2H3. The van der Waals surface area contributed by atoms with Crippen LogP contribution in [0.3, 0.4) is 0 Å². The molecule has 0 saturated heterocycles. The number of anilines is 1. The van der Waals surface area contributed by atoms with Crippen molar-refractivity contribution in [1.29, 1.82) is 0 Å². The second-order valence-electron chi connectivity index (χ2n) is 5.62. The van der Waals surface area contributed by atoms with Crippen LogP contribution in [0, 0.1) is 0 Å². The molecule has 0 unspecified atom stereocenters. The van der Waals surface area contributed by atoms with E-state index in [9.17, 15) is 0 Å². The maximum Gasteiger partial charge on any atom is 0.0314 e.